The van der Waals surface area contributed by atoms with E-state index in [0.29, 0.717) is 11.3 Å². The Labute approximate surface area is 139 Å². The third kappa shape index (κ3) is 3.49. The quantitative estimate of drug-likeness (QED) is 0.469. The lowest BCUT2D eigenvalue weighted by molar-refractivity contribution is 0.160. The SMILES string of the molecule is C=CC[C@H]1C[C@@H](O)c2cc(S(=O)(=O)N=CN(C)C)sc2S1(=O)=O. The second-order valence-electron chi connectivity index (χ2n) is 5.41. The summed E-state index contributed by atoms with van der Waals surface area (Å²) in [5.74, 6) is 0. The fourth-order valence-electron chi connectivity index (χ4n) is 2.22. The van der Waals surface area contributed by atoms with Crippen LogP contribution in [0.4, 0.5) is 0 Å². The Balaban J connectivity index is 2.53. The largest absolute Gasteiger partial charge is 0.388 e. The van der Waals surface area contributed by atoms with Crippen molar-refractivity contribution in [3.05, 3.63) is 24.3 Å². The molecular weight excluding hydrogens is 360 g/mol. The van der Waals surface area contributed by atoms with Crippen molar-refractivity contribution >= 4 is 37.5 Å². The zero-order valence-electron chi connectivity index (χ0n) is 12.7. The molecule has 1 N–H and O–H groups in total. The van der Waals surface area contributed by atoms with E-state index < -0.39 is 31.2 Å². The van der Waals surface area contributed by atoms with Crippen molar-refractivity contribution in [2.75, 3.05) is 14.1 Å². The number of hydrogen-bond acceptors (Lipinski definition) is 6. The average molecular weight is 378 g/mol. The minimum Gasteiger partial charge on any atom is -0.388 e. The molecule has 128 valence electrons. The average Bonchev–Trinajstić information content (AvgIpc) is 2.91. The van der Waals surface area contributed by atoms with Crippen LogP contribution >= 0.6 is 11.3 Å². The third-order valence-corrected chi connectivity index (χ3v) is 8.93. The molecule has 1 aliphatic rings. The smallest absolute Gasteiger partial charge is 0.293 e. The number of hydrogen-bond donors (Lipinski definition) is 1. The Morgan fingerprint density at radius 3 is 2.74 bits per heavy atom. The molecule has 10 heteroatoms. The predicted molar refractivity (Wildman–Crippen MR) is 89.0 cm³/mol. The standard InChI is InChI=1S/C13H18N2O5S3/c1-4-5-9-6-11(16)10-7-12(21-13(10)22(9,17)18)23(19,20)14-8-15(2)3/h4,7-9,11,16H,1,5-6H2,2-3H3/t9-,11+/m0/s1. The van der Waals surface area contributed by atoms with Crippen LogP contribution in [0.1, 0.15) is 24.5 Å². The van der Waals surface area contributed by atoms with Gasteiger partial charge in [0.25, 0.3) is 10.0 Å². The molecule has 23 heavy (non-hydrogen) atoms. The van der Waals surface area contributed by atoms with Gasteiger partial charge in [-0.2, -0.15) is 8.42 Å². The number of aliphatic hydroxyl groups excluding tert-OH is 1. The molecule has 0 spiro atoms. The second-order valence-corrected chi connectivity index (χ2v) is 10.7. The molecule has 2 heterocycles. The number of thiophene rings is 1. The summed E-state index contributed by atoms with van der Waals surface area (Å²) in [5, 5.41) is 9.36. The fraction of sp³-hybridized carbons (Fsp3) is 0.462. The zero-order valence-corrected chi connectivity index (χ0v) is 15.2. The monoisotopic (exact) mass is 378 g/mol. The molecule has 0 saturated heterocycles. The number of fused-ring (bicyclic) bond motifs is 1. The van der Waals surface area contributed by atoms with E-state index in [1.807, 2.05) is 0 Å². The van der Waals surface area contributed by atoms with Crippen LogP contribution in [0.15, 0.2) is 31.5 Å². The molecule has 1 aromatic rings. The minimum atomic E-state index is -4.00. The zero-order chi connectivity index (χ0) is 17.4. The number of sulfone groups is 1. The van der Waals surface area contributed by atoms with E-state index in [2.05, 4.69) is 11.0 Å². The highest BCUT2D eigenvalue weighted by Gasteiger charge is 2.40. The molecule has 7 nitrogen and oxygen atoms in total. The molecule has 1 aromatic heterocycles. The molecule has 0 unspecified atom stereocenters. The van der Waals surface area contributed by atoms with Crippen LogP contribution in [0, 0.1) is 0 Å². The lowest BCUT2D eigenvalue weighted by Crippen LogP contribution is -2.28. The first kappa shape index (κ1) is 18.1. The van der Waals surface area contributed by atoms with Gasteiger partial charge in [0.1, 0.15) is 14.8 Å². The van der Waals surface area contributed by atoms with Gasteiger partial charge in [-0.15, -0.1) is 22.3 Å². The van der Waals surface area contributed by atoms with Crippen molar-refractivity contribution in [3.63, 3.8) is 0 Å². The molecule has 1 aliphatic heterocycles. The summed E-state index contributed by atoms with van der Waals surface area (Å²) in [4.78, 5) is 1.46. The highest BCUT2D eigenvalue weighted by molar-refractivity contribution is 7.96. The summed E-state index contributed by atoms with van der Waals surface area (Å²) in [6.07, 6.45) is 1.82. The van der Waals surface area contributed by atoms with Crippen molar-refractivity contribution < 1.29 is 21.9 Å². The first-order chi connectivity index (χ1) is 10.6. The van der Waals surface area contributed by atoms with Gasteiger partial charge >= 0.3 is 0 Å². The van der Waals surface area contributed by atoms with Crippen molar-refractivity contribution in [1.29, 1.82) is 0 Å². The first-order valence-corrected chi connectivity index (χ1v) is 10.5. The summed E-state index contributed by atoms with van der Waals surface area (Å²) in [6, 6.07) is 1.20. The number of nitrogens with zero attached hydrogens (tertiary/aromatic N) is 2. The second kappa shape index (κ2) is 6.34. The normalized spacial score (nSPS) is 23.6. The lowest BCUT2D eigenvalue weighted by atomic mass is 10.1. The van der Waals surface area contributed by atoms with Crippen molar-refractivity contribution in [1.82, 2.24) is 4.90 Å². The Bertz CT molecular complexity index is 837. The summed E-state index contributed by atoms with van der Waals surface area (Å²) in [6.45, 7) is 3.52. The Morgan fingerprint density at radius 1 is 1.52 bits per heavy atom. The molecule has 0 fully saturated rings. The Hall–Kier alpha value is -1.23. The molecule has 0 aromatic carbocycles. The van der Waals surface area contributed by atoms with Gasteiger partial charge in [0.2, 0.25) is 0 Å². The molecule has 0 saturated carbocycles. The van der Waals surface area contributed by atoms with Gasteiger partial charge in [-0.25, -0.2) is 8.42 Å². The summed E-state index contributed by atoms with van der Waals surface area (Å²) in [5.41, 5.74) is 0.133. The van der Waals surface area contributed by atoms with Gasteiger partial charge < -0.3 is 10.0 Å². The van der Waals surface area contributed by atoms with E-state index >= 15 is 0 Å². The van der Waals surface area contributed by atoms with E-state index in [1.165, 1.54) is 17.0 Å². The van der Waals surface area contributed by atoms with E-state index in [1.54, 1.807) is 14.1 Å². The van der Waals surface area contributed by atoms with Crippen LogP contribution in [0.5, 0.6) is 0 Å². The van der Waals surface area contributed by atoms with Crippen LogP contribution in [0.3, 0.4) is 0 Å². The van der Waals surface area contributed by atoms with Gasteiger partial charge in [0, 0.05) is 19.7 Å². The number of aliphatic hydroxyl groups is 1. The van der Waals surface area contributed by atoms with Crippen LogP contribution in [-0.2, 0) is 19.9 Å². The fourth-order valence-corrected chi connectivity index (χ4v) is 7.34. The van der Waals surface area contributed by atoms with Crippen molar-refractivity contribution in [2.24, 2.45) is 4.40 Å². The Morgan fingerprint density at radius 2 is 2.17 bits per heavy atom. The van der Waals surface area contributed by atoms with E-state index in [0.717, 1.165) is 6.34 Å². The van der Waals surface area contributed by atoms with Crippen LogP contribution in [0.25, 0.3) is 0 Å². The van der Waals surface area contributed by atoms with E-state index in [9.17, 15) is 21.9 Å². The third-order valence-electron chi connectivity index (χ3n) is 3.35. The molecule has 2 atom stereocenters. The van der Waals surface area contributed by atoms with Crippen molar-refractivity contribution in [3.8, 4) is 0 Å². The first-order valence-electron chi connectivity index (χ1n) is 6.73. The van der Waals surface area contributed by atoms with E-state index in [4.69, 9.17) is 0 Å². The minimum absolute atomic E-state index is 0.0263. The number of rotatable bonds is 5. The molecule has 0 aliphatic carbocycles. The number of allylic oxidation sites excluding steroid dienone is 1. The number of sulfonamides is 1. The summed E-state index contributed by atoms with van der Waals surface area (Å²) < 4.78 is 52.7. The van der Waals surface area contributed by atoms with Crippen molar-refractivity contribution in [2.45, 2.75) is 32.6 Å². The summed E-state index contributed by atoms with van der Waals surface area (Å²) in [7, 11) is -4.46. The van der Waals surface area contributed by atoms with Crippen LogP contribution in [0.2, 0.25) is 0 Å². The summed E-state index contributed by atoms with van der Waals surface area (Å²) >= 11 is 0.632. The predicted octanol–water partition coefficient (Wildman–Crippen LogP) is 1.18. The lowest BCUT2D eigenvalue weighted by Gasteiger charge is -2.25. The maximum atomic E-state index is 12.6. The highest BCUT2D eigenvalue weighted by atomic mass is 32.3. The van der Waals surface area contributed by atoms with E-state index in [-0.39, 0.29) is 26.8 Å². The molecule has 0 amide bonds. The van der Waals surface area contributed by atoms with Gasteiger partial charge in [-0.3, -0.25) is 0 Å². The van der Waals surface area contributed by atoms with Gasteiger partial charge in [-0.1, -0.05) is 6.08 Å². The topological polar surface area (TPSA) is 104 Å². The van der Waals surface area contributed by atoms with Gasteiger partial charge in [0.15, 0.2) is 9.84 Å². The van der Waals surface area contributed by atoms with Gasteiger partial charge in [-0.05, 0) is 18.9 Å². The molecule has 2 rings (SSSR count). The molecule has 0 bridgehead atoms. The highest BCUT2D eigenvalue weighted by Crippen LogP contribution is 2.43. The van der Waals surface area contributed by atoms with Gasteiger partial charge in [0.05, 0.1) is 11.4 Å². The Kier molecular flexibility index (Phi) is 5.00. The maximum Gasteiger partial charge on any atom is 0.293 e. The van der Waals surface area contributed by atoms with Crippen LogP contribution < -0.4 is 0 Å². The maximum absolute atomic E-state index is 12.6. The molecule has 0 radical (unpaired) electrons. The van der Waals surface area contributed by atoms with Crippen LogP contribution in [-0.4, -0.2) is 52.5 Å². The molecular formula is C13H18N2O5S3.